The third-order valence-electron chi connectivity index (χ3n) is 2.47. The van der Waals surface area contributed by atoms with Crippen LogP contribution in [0.3, 0.4) is 0 Å². The van der Waals surface area contributed by atoms with Gasteiger partial charge in [0.1, 0.15) is 0 Å². The first-order chi connectivity index (χ1) is 9.04. The zero-order chi connectivity index (χ0) is 15.6. The Morgan fingerprint density at radius 2 is 1.95 bits per heavy atom. The quantitative estimate of drug-likeness (QED) is 0.899. The standard InChI is InChI=1S/C11H11F3O5S/c1-7-8(10(15)16)3-2-4-9(7)20(17,18)6-5-19-11(12,13)14/h2-4H,5-6H2,1H3,(H,15,16). The van der Waals surface area contributed by atoms with Crippen LogP contribution >= 0.6 is 0 Å². The molecule has 0 fully saturated rings. The lowest BCUT2D eigenvalue weighted by atomic mass is 10.1. The minimum Gasteiger partial charge on any atom is -0.478 e. The Morgan fingerprint density at radius 1 is 1.35 bits per heavy atom. The molecule has 0 heterocycles. The number of alkyl halides is 3. The number of carboxylic acids is 1. The summed E-state index contributed by atoms with van der Waals surface area (Å²) < 4.78 is 62.5. The summed E-state index contributed by atoms with van der Waals surface area (Å²) in [6, 6.07) is 3.57. The fourth-order valence-electron chi connectivity index (χ4n) is 1.56. The van der Waals surface area contributed by atoms with Gasteiger partial charge in [-0.1, -0.05) is 6.07 Å². The highest BCUT2D eigenvalue weighted by molar-refractivity contribution is 7.91. The number of ether oxygens (including phenoxy) is 1. The zero-order valence-corrected chi connectivity index (χ0v) is 11.1. The van der Waals surface area contributed by atoms with Gasteiger partial charge in [0.25, 0.3) is 0 Å². The number of rotatable bonds is 5. The van der Waals surface area contributed by atoms with E-state index in [2.05, 4.69) is 4.74 Å². The van der Waals surface area contributed by atoms with Gasteiger partial charge in [-0.25, -0.2) is 13.2 Å². The third-order valence-corrected chi connectivity index (χ3v) is 4.28. The van der Waals surface area contributed by atoms with Gasteiger partial charge in [-0.05, 0) is 24.6 Å². The molecule has 0 aromatic heterocycles. The summed E-state index contributed by atoms with van der Waals surface area (Å²) in [4.78, 5) is 10.6. The highest BCUT2D eigenvalue weighted by Crippen LogP contribution is 2.21. The van der Waals surface area contributed by atoms with Crippen LogP contribution in [0, 0.1) is 6.92 Å². The Hall–Kier alpha value is -1.61. The molecule has 1 aromatic carbocycles. The fourth-order valence-corrected chi connectivity index (χ4v) is 2.95. The molecule has 0 saturated heterocycles. The lowest BCUT2D eigenvalue weighted by Crippen LogP contribution is -2.21. The van der Waals surface area contributed by atoms with Crippen LogP contribution in [0.15, 0.2) is 23.1 Å². The molecule has 20 heavy (non-hydrogen) atoms. The van der Waals surface area contributed by atoms with Crippen molar-refractivity contribution in [3.05, 3.63) is 29.3 Å². The number of hydrogen-bond acceptors (Lipinski definition) is 4. The summed E-state index contributed by atoms with van der Waals surface area (Å²) in [5, 5.41) is 8.87. The maximum atomic E-state index is 11.9. The van der Waals surface area contributed by atoms with Crippen LogP contribution in [0.1, 0.15) is 15.9 Å². The largest absolute Gasteiger partial charge is 0.522 e. The number of hydrogen-bond donors (Lipinski definition) is 1. The summed E-state index contributed by atoms with van der Waals surface area (Å²) in [5.41, 5.74) is -0.241. The van der Waals surface area contributed by atoms with E-state index in [9.17, 15) is 26.4 Å². The molecule has 1 N–H and O–H groups in total. The van der Waals surface area contributed by atoms with Crippen LogP contribution in [0.4, 0.5) is 13.2 Å². The predicted octanol–water partition coefficient (Wildman–Crippen LogP) is 2.00. The molecule has 0 bridgehead atoms. The summed E-state index contributed by atoms with van der Waals surface area (Å²) >= 11 is 0. The molecule has 112 valence electrons. The molecule has 0 aliphatic heterocycles. The van der Waals surface area contributed by atoms with E-state index in [0.29, 0.717) is 0 Å². The van der Waals surface area contributed by atoms with E-state index in [-0.39, 0.29) is 16.0 Å². The normalized spacial score (nSPS) is 12.4. The maximum absolute atomic E-state index is 11.9. The van der Waals surface area contributed by atoms with Gasteiger partial charge in [0, 0.05) is 0 Å². The van der Waals surface area contributed by atoms with Crippen molar-refractivity contribution in [3.8, 4) is 0 Å². The van der Waals surface area contributed by atoms with Crippen molar-refractivity contribution in [2.45, 2.75) is 18.2 Å². The minimum absolute atomic E-state index is 0.0213. The van der Waals surface area contributed by atoms with Gasteiger partial charge in [-0.2, -0.15) is 0 Å². The van der Waals surface area contributed by atoms with Crippen molar-refractivity contribution < 1.29 is 36.2 Å². The van der Waals surface area contributed by atoms with E-state index in [0.717, 1.165) is 6.07 Å². The second-order valence-corrected chi connectivity index (χ2v) is 5.92. The molecular formula is C11H11F3O5S. The van der Waals surface area contributed by atoms with Crippen molar-refractivity contribution in [1.29, 1.82) is 0 Å². The number of carbonyl (C=O) groups is 1. The molecule has 0 saturated carbocycles. The van der Waals surface area contributed by atoms with E-state index in [4.69, 9.17) is 5.11 Å². The molecule has 0 amide bonds. The number of benzene rings is 1. The molecule has 0 aliphatic rings. The number of sulfone groups is 1. The monoisotopic (exact) mass is 312 g/mol. The van der Waals surface area contributed by atoms with Crippen LogP contribution in [0.25, 0.3) is 0 Å². The molecule has 1 aromatic rings. The number of aromatic carboxylic acids is 1. The first-order valence-electron chi connectivity index (χ1n) is 5.31. The van der Waals surface area contributed by atoms with Gasteiger partial charge >= 0.3 is 12.3 Å². The third kappa shape index (κ3) is 4.20. The summed E-state index contributed by atoms with van der Waals surface area (Å²) in [5.74, 6) is -2.21. The van der Waals surface area contributed by atoms with Gasteiger partial charge in [-0.3, -0.25) is 4.74 Å². The van der Waals surface area contributed by atoms with E-state index >= 15 is 0 Å². The Balaban J connectivity index is 2.99. The van der Waals surface area contributed by atoms with Crippen molar-refractivity contribution in [2.75, 3.05) is 12.4 Å². The second-order valence-electron chi connectivity index (χ2n) is 3.85. The lowest BCUT2D eigenvalue weighted by Gasteiger charge is -2.11. The predicted molar refractivity (Wildman–Crippen MR) is 62.2 cm³/mol. The maximum Gasteiger partial charge on any atom is 0.522 e. The highest BCUT2D eigenvalue weighted by Gasteiger charge is 2.30. The SMILES string of the molecule is Cc1c(C(=O)O)cccc1S(=O)(=O)CCOC(F)(F)F. The first-order valence-corrected chi connectivity index (χ1v) is 6.96. The van der Waals surface area contributed by atoms with Gasteiger partial charge in [-0.15, -0.1) is 13.2 Å². The van der Waals surface area contributed by atoms with Gasteiger partial charge in [0.2, 0.25) is 0 Å². The average Bonchev–Trinajstić information content (AvgIpc) is 2.26. The van der Waals surface area contributed by atoms with E-state index in [1.165, 1.54) is 19.1 Å². The van der Waals surface area contributed by atoms with Crippen molar-refractivity contribution in [3.63, 3.8) is 0 Å². The van der Waals surface area contributed by atoms with Gasteiger partial charge in [0.05, 0.1) is 22.8 Å². The Labute approximate surface area is 112 Å². The van der Waals surface area contributed by atoms with Crippen molar-refractivity contribution in [2.24, 2.45) is 0 Å². The molecule has 0 aliphatic carbocycles. The minimum atomic E-state index is -4.91. The van der Waals surface area contributed by atoms with Crippen LogP contribution in [-0.4, -0.2) is 38.2 Å². The van der Waals surface area contributed by atoms with Gasteiger partial charge in [0.15, 0.2) is 9.84 Å². The lowest BCUT2D eigenvalue weighted by molar-refractivity contribution is -0.322. The number of carboxylic acid groups (broad SMARTS) is 1. The second kappa shape index (κ2) is 5.80. The van der Waals surface area contributed by atoms with E-state index in [1.54, 1.807) is 0 Å². The molecule has 0 radical (unpaired) electrons. The summed E-state index contributed by atoms with van der Waals surface area (Å²) in [7, 11) is -4.06. The topological polar surface area (TPSA) is 80.7 Å². The first kappa shape index (κ1) is 16.4. The van der Waals surface area contributed by atoms with E-state index < -0.39 is 34.5 Å². The Kier molecular flexibility index (Phi) is 4.77. The smallest absolute Gasteiger partial charge is 0.478 e. The van der Waals surface area contributed by atoms with E-state index in [1.807, 2.05) is 0 Å². The summed E-state index contributed by atoms with van der Waals surface area (Å²) in [6.45, 7) is 0.226. The van der Waals surface area contributed by atoms with Crippen LogP contribution in [0.5, 0.6) is 0 Å². The summed E-state index contributed by atoms with van der Waals surface area (Å²) in [6.07, 6.45) is -4.91. The Bertz CT molecular complexity index is 607. The molecule has 5 nitrogen and oxygen atoms in total. The highest BCUT2D eigenvalue weighted by atomic mass is 32.2. The number of halogens is 3. The van der Waals surface area contributed by atoms with Crippen LogP contribution < -0.4 is 0 Å². The van der Waals surface area contributed by atoms with Crippen molar-refractivity contribution >= 4 is 15.8 Å². The average molecular weight is 312 g/mol. The zero-order valence-electron chi connectivity index (χ0n) is 10.3. The molecule has 0 spiro atoms. The van der Waals surface area contributed by atoms with Crippen LogP contribution in [-0.2, 0) is 14.6 Å². The van der Waals surface area contributed by atoms with Crippen molar-refractivity contribution in [1.82, 2.24) is 0 Å². The molecule has 0 atom stereocenters. The molecule has 0 unspecified atom stereocenters. The fraction of sp³-hybridized carbons (Fsp3) is 0.364. The van der Waals surface area contributed by atoms with Crippen LogP contribution in [0.2, 0.25) is 0 Å². The molecule has 9 heteroatoms. The van der Waals surface area contributed by atoms with Gasteiger partial charge < -0.3 is 5.11 Å². The Morgan fingerprint density at radius 3 is 2.45 bits per heavy atom. The molecular weight excluding hydrogens is 301 g/mol. The molecule has 1 rings (SSSR count).